The number of halogens is 1. The largest absolute Gasteiger partial charge is 0.308 e. The van der Waals surface area contributed by atoms with E-state index in [9.17, 15) is 0 Å². The molecule has 0 saturated carbocycles. The normalized spacial score (nSPS) is 10.8. The number of aromatic amines is 1. The van der Waals surface area contributed by atoms with Crippen LogP contribution >= 0.6 is 22.9 Å². The van der Waals surface area contributed by atoms with Gasteiger partial charge in [-0.3, -0.25) is 5.10 Å². The standard InChI is InChI=1S/C15H14ClN3S/c16-15-6-5-13(20-15)10-17-9-11-1-3-12(4-2-11)14-7-8-18-19-14/h1-8,17H,9-10H2,(H,18,19). The van der Waals surface area contributed by atoms with Crippen molar-refractivity contribution in [2.75, 3.05) is 0 Å². The molecular weight excluding hydrogens is 290 g/mol. The highest BCUT2D eigenvalue weighted by molar-refractivity contribution is 7.16. The van der Waals surface area contributed by atoms with Gasteiger partial charge in [0.15, 0.2) is 0 Å². The number of nitrogens with one attached hydrogen (secondary N) is 2. The van der Waals surface area contributed by atoms with Crippen LogP contribution < -0.4 is 5.32 Å². The van der Waals surface area contributed by atoms with Crippen LogP contribution in [-0.2, 0) is 13.1 Å². The van der Waals surface area contributed by atoms with Crippen LogP contribution in [-0.4, -0.2) is 10.2 Å². The fourth-order valence-corrected chi connectivity index (χ4v) is 3.05. The fourth-order valence-electron chi connectivity index (χ4n) is 2.00. The molecule has 20 heavy (non-hydrogen) atoms. The van der Waals surface area contributed by atoms with Crippen molar-refractivity contribution in [1.82, 2.24) is 15.5 Å². The van der Waals surface area contributed by atoms with Crippen LogP contribution in [0.2, 0.25) is 4.34 Å². The topological polar surface area (TPSA) is 40.7 Å². The van der Waals surface area contributed by atoms with Gasteiger partial charge in [0, 0.05) is 24.2 Å². The van der Waals surface area contributed by atoms with Gasteiger partial charge in [-0.2, -0.15) is 5.10 Å². The monoisotopic (exact) mass is 303 g/mol. The summed E-state index contributed by atoms with van der Waals surface area (Å²) >= 11 is 7.52. The molecule has 2 aromatic heterocycles. The molecule has 5 heteroatoms. The zero-order chi connectivity index (χ0) is 13.8. The van der Waals surface area contributed by atoms with Crippen molar-refractivity contribution in [3.8, 4) is 11.3 Å². The fraction of sp³-hybridized carbons (Fsp3) is 0.133. The van der Waals surface area contributed by atoms with E-state index in [0.717, 1.165) is 28.7 Å². The minimum absolute atomic E-state index is 0.839. The van der Waals surface area contributed by atoms with Gasteiger partial charge in [-0.05, 0) is 29.3 Å². The zero-order valence-electron chi connectivity index (χ0n) is 10.8. The summed E-state index contributed by atoms with van der Waals surface area (Å²) in [6.07, 6.45) is 1.76. The van der Waals surface area contributed by atoms with E-state index in [-0.39, 0.29) is 0 Å². The Kier molecular flexibility index (Phi) is 4.16. The first-order valence-corrected chi connectivity index (χ1v) is 7.54. The van der Waals surface area contributed by atoms with Gasteiger partial charge in [0.25, 0.3) is 0 Å². The van der Waals surface area contributed by atoms with Crippen molar-refractivity contribution >= 4 is 22.9 Å². The lowest BCUT2D eigenvalue weighted by Gasteiger charge is -2.04. The molecule has 0 atom stereocenters. The van der Waals surface area contributed by atoms with Gasteiger partial charge in [-0.1, -0.05) is 35.9 Å². The number of aromatic nitrogens is 2. The lowest BCUT2D eigenvalue weighted by atomic mass is 10.1. The van der Waals surface area contributed by atoms with E-state index < -0.39 is 0 Å². The van der Waals surface area contributed by atoms with Crippen molar-refractivity contribution < 1.29 is 0 Å². The van der Waals surface area contributed by atoms with Crippen molar-refractivity contribution in [1.29, 1.82) is 0 Å². The van der Waals surface area contributed by atoms with E-state index in [1.807, 2.05) is 12.1 Å². The predicted molar refractivity (Wildman–Crippen MR) is 83.9 cm³/mol. The third-order valence-electron chi connectivity index (χ3n) is 3.02. The minimum atomic E-state index is 0.839. The first-order chi connectivity index (χ1) is 9.81. The van der Waals surface area contributed by atoms with E-state index in [1.54, 1.807) is 17.5 Å². The third kappa shape index (κ3) is 3.28. The molecule has 0 saturated heterocycles. The van der Waals surface area contributed by atoms with Gasteiger partial charge in [-0.25, -0.2) is 0 Å². The maximum Gasteiger partial charge on any atom is 0.0931 e. The highest BCUT2D eigenvalue weighted by Gasteiger charge is 2.00. The van der Waals surface area contributed by atoms with Crippen molar-refractivity contribution in [3.05, 3.63) is 63.4 Å². The summed E-state index contributed by atoms with van der Waals surface area (Å²) in [4.78, 5) is 1.25. The molecule has 2 heterocycles. The number of nitrogens with zero attached hydrogens (tertiary/aromatic N) is 1. The molecule has 3 aromatic rings. The molecule has 102 valence electrons. The Morgan fingerprint density at radius 3 is 2.55 bits per heavy atom. The highest BCUT2D eigenvalue weighted by atomic mass is 35.5. The summed E-state index contributed by atoms with van der Waals surface area (Å²) in [5, 5.41) is 10.3. The summed E-state index contributed by atoms with van der Waals surface area (Å²) < 4.78 is 0.839. The Morgan fingerprint density at radius 2 is 1.90 bits per heavy atom. The van der Waals surface area contributed by atoms with E-state index in [1.165, 1.54) is 10.4 Å². The van der Waals surface area contributed by atoms with Gasteiger partial charge in [-0.15, -0.1) is 11.3 Å². The first kappa shape index (κ1) is 13.4. The number of hydrogen-bond donors (Lipinski definition) is 2. The van der Waals surface area contributed by atoms with Crippen LogP contribution in [0.25, 0.3) is 11.3 Å². The second kappa shape index (κ2) is 6.22. The molecule has 3 rings (SSSR count). The Bertz CT molecular complexity index is 659. The molecule has 0 spiro atoms. The summed E-state index contributed by atoms with van der Waals surface area (Å²) in [6, 6.07) is 14.4. The minimum Gasteiger partial charge on any atom is -0.308 e. The average molecular weight is 304 g/mol. The van der Waals surface area contributed by atoms with Crippen LogP contribution in [0.1, 0.15) is 10.4 Å². The molecule has 0 bridgehead atoms. The van der Waals surface area contributed by atoms with Crippen molar-refractivity contribution in [2.24, 2.45) is 0 Å². The molecule has 0 fully saturated rings. The molecule has 1 aromatic carbocycles. The maximum atomic E-state index is 5.91. The third-order valence-corrected chi connectivity index (χ3v) is 4.25. The quantitative estimate of drug-likeness (QED) is 0.745. The van der Waals surface area contributed by atoms with Gasteiger partial charge in [0.2, 0.25) is 0 Å². The lowest BCUT2D eigenvalue weighted by Crippen LogP contribution is -2.11. The summed E-state index contributed by atoms with van der Waals surface area (Å²) in [6.45, 7) is 1.69. The molecule has 3 nitrogen and oxygen atoms in total. The van der Waals surface area contributed by atoms with Crippen LogP contribution in [0.5, 0.6) is 0 Å². The number of rotatable bonds is 5. The van der Waals surface area contributed by atoms with E-state index >= 15 is 0 Å². The predicted octanol–water partition coefficient (Wildman–Crippen LogP) is 4.08. The summed E-state index contributed by atoms with van der Waals surface area (Å²) in [5.74, 6) is 0. The van der Waals surface area contributed by atoms with Gasteiger partial charge in [0.1, 0.15) is 0 Å². The number of hydrogen-bond acceptors (Lipinski definition) is 3. The van der Waals surface area contributed by atoms with E-state index in [4.69, 9.17) is 11.6 Å². The molecule has 0 aliphatic heterocycles. The van der Waals surface area contributed by atoms with Crippen LogP contribution in [0.15, 0.2) is 48.7 Å². The highest BCUT2D eigenvalue weighted by Crippen LogP contribution is 2.21. The molecule has 0 aliphatic carbocycles. The zero-order valence-corrected chi connectivity index (χ0v) is 12.3. The molecule has 2 N–H and O–H groups in total. The molecular formula is C15H14ClN3S. The smallest absolute Gasteiger partial charge is 0.0931 e. The second-order valence-corrected chi connectivity index (χ2v) is 6.28. The number of benzene rings is 1. The lowest BCUT2D eigenvalue weighted by molar-refractivity contribution is 0.701. The number of thiophene rings is 1. The summed E-state index contributed by atoms with van der Waals surface area (Å²) in [7, 11) is 0. The first-order valence-electron chi connectivity index (χ1n) is 6.35. The van der Waals surface area contributed by atoms with Gasteiger partial charge < -0.3 is 5.32 Å². The molecule has 0 aliphatic rings. The van der Waals surface area contributed by atoms with Crippen molar-refractivity contribution in [3.63, 3.8) is 0 Å². The SMILES string of the molecule is Clc1ccc(CNCc2ccc(-c3ccn[nH]3)cc2)s1. The van der Waals surface area contributed by atoms with Crippen LogP contribution in [0, 0.1) is 0 Å². The Morgan fingerprint density at radius 1 is 1.05 bits per heavy atom. The number of H-pyrrole nitrogens is 1. The van der Waals surface area contributed by atoms with Crippen LogP contribution in [0.3, 0.4) is 0 Å². The maximum absolute atomic E-state index is 5.91. The molecule has 0 unspecified atom stereocenters. The van der Waals surface area contributed by atoms with E-state index in [2.05, 4.69) is 45.8 Å². The molecule has 0 amide bonds. The Balaban J connectivity index is 1.56. The molecule has 0 radical (unpaired) electrons. The van der Waals surface area contributed by atoms with E-state index in [0.29, 0.717) is 0 Å². The summed E-state index contributed by atoms with van der Waals surface area (Å²) in [5.41, 5.74) is 3.45. The average Bonchev–Trinajstić information content (AvgIpc) is 3.11. The Hall–Kier alpha value is -1.62. The van der Waals surface area contributed by atoms with Crippen LogP contribution in [0.4, 0.5) is 0 Å². The Labute approximate surface area is 126 Å². The second-order valence-electron chi connectivity index (χ2n) is 4.48. The van der Waals surface area contributed by atoms with Gasteiger partial charge >= 0.3 is 0 Å². The van der Waals surface area contributed by atoms with Gasteiger partial charge in [0.05, 0.1) is 10.0 Å². The van der Waals surface area contributed by atoms with Crippen molar-refractivity contribution in [2.45, 2.75) is 13.1 Å².